The van der Waals surface area contributed by atoms with E-state index in [2.05, 4.69) is 44.0 Å². The van der Waals surface area contributed by atoms with Crippen molar-refractivity contribution < 1.29 is 8.42 Å². The van der Waals surface area contributed by atoms with Gasteiger partial charge in [0.1, 0.15) is 0 Å². The Hall–Kier alpha value is -2.15. The molecule has 1 saturated heterocycles. The third-order valence-electron chi connectivity index (χ3n) is 6.23. The highest BCUT2D eigenvalue weighted by Gasteiger charge is 2.27. The Bertz CT molecular complexity index is 917. The molecular weight excluding hydrogens is 420 g/mol. The van der Waals surface area contributed by atoms with Crippen molar-refractivity contribution in [1.82, 2.24) is 9.97 Å². The molecule has 0 N–H and O–H groups in total. The second kappa shape index (κ2) is 11.1. The molecule has 7 heteroatoms. The molecule has 176 valence electrons. The molecule has 2 heterocycles. The maximum atomic E-state index is 12.1. The summed E-state index contributed by atoms with van der Waals surface area (Å²) < 4.78 is 23.6. The first-order chi connectivity index (χ1) is 15.3. The molecule has 0 radical (unpaired) electrons. The van der Waals surface area contributed by atoms with E-state index >= 15 is 0 Å². The maximum absolute atomic E-state index is 12.1. The molecule has 1 aliphatic heterocycles. The summed E-state index contributed by atoms with van der Waals surface area (Å²) in [5.74, 6) is 1.13. The monoisotopic (exact) mass is 458 g/mol. The number of nitrogens with zero attached hydrogens (tertiary/aromatic N) is 4. The minimum atomic E-state index is -2.98. The summed E-state index contributed by atoms with van der Waals surface area (Å²) in [6.45, 7) is 9.17. The van der Waals surface area contributed by atoms with Crippen molar-refractivity contribution in [3.63, 3.8) is 0 Å². The highest BCUT2D eigenvalue weighted by molar-refractivity contribution is 7.92. The van der Waals surface area contributed by atoms with E-state index in [1.807, 2.05) is 6.07 Å². The van der Waals surface area contributed by atoms with Crippen molar-refractivity contribution in [3.05, 3.63) is 48.3 Å². The Kier molecular flexibility index (Phi) is 8.51. The summed E-state index contributed by atoms with van der Waals surface area (Å²) in [4.78, 5) is 13.4. The van der Waals surface area contributed by atoms with E-state index in [-0.39, 0.29) is 0 Å². The lowest BCUT2D eigenvalue weighted by atomic mass is 10.0. The van der Waals surface area contributed by atoms with Crippen molar-refractivity contribution in [2.24, 2.45) is 0 Å². The quantitative estimate of drug-likeness (QED) is 0.488. The highest BCUT2D eigenvalue weighted by Crippen LogP contribution is 2.21. The Labute approximate surface area is 194 Å². The van der Waals surface area contributed by atoms with Crippen LogP contribution in [-0.2, 0) is 16.3 Å². The van der Waals surface area contributed by atoms with Crippen LogP contribution in [0.3, 0.4) is 0 Å². The minimum Gasteiger partial charge on any atom is -0.368 e. The molecule has 3 rings (SSSR count). The fraction of sp³-hybridized carbons (Fsp3) is 0.600. The first-order valence-corrected chi connectivity index (χ1v) is 13.5. The van der Waals surface area contributed by atoms with Gasteiger partial charge in [0.05, 0.1) is 10.5 Å². The van der Waals surface area contributed by atoms with Gasteiger partial charge in [-0.1, -0.05) is 31.4 Å². The molecule has 1 aromatic carbocycles. The smallest absolute Gasteiger partial charge is 0.225 e. The molecule has 2 aromatic rings. The van der Waals surface area contributed by atoms with Gasteiger partial charge >= 0.3 is 0 Å². The van der Waals surface area contributed by atoms with E-state index in [0.717, 1.165) is 70.7 Å². The van der Waals surface area contributed by atoms with Crippen LogP contribution in [0.25, 0.3) is 0 Å². The highest BCUT2D eigenvalue weighted by atomic mass is 32.2. The normalized spacial score (nSPS) is 15.2. The van der Waals surface area contributed by atoms with Crippen LogP contribution in [0.1, 0.15) is 58.4 Å². The Morgan fingerprint density at radius 3 is 2.00 bits per heavy atom. The van der Waals surface area contributed by atoms with E-state index < -0.39 is 14.6 Å². The lowest BCUT2D eigenvalue weighted by molar-refractivity contribution is 0.552. The second-order valence-corrected chi connectivity index (χ2v) is 12.5. The van der Waals surface area contributed by atoms with Crippen molar-refractivity contribution in [2.45, 2.75) is 64.0 Å². The molecule has 0 aliphatic carbocycles. The van der Waals surface area contributed by atoms with Gasteiger partial charge in [0.2, 0.25) is 5.95 Å². The first kappa shape index (κ1) is 24.5. The van der Waals surface area contributed by atoms with Gasteiger partial charge in [-0.2, -0.15) is 0 Å². The van der Waals surface area contributed by atoms with Crippen molar-refractivity contribution >= 4 is 21.5 Å². The molecule has 0 atom stereocenters. The van der Waals surface area contributed by atoms with E-state index in [1.165, 1.54) is 11.3 Å². The molecule has 0 unspecified atom stereocenters. The van der Waals surface area contributed by atoms with Crippen LogP contribution in [0, 0.1) is 0 Å². The van der Waals surface area contributed by atoms with Crippen molar-refractivity contribution in [1.29, 1.82) is 0 Å². The van der Waals surface area contributed by atoms with Gasteiger partial charge in [0.15, 0.2) is 9.84 Å². The molecule has 1 aliphatic rings. The average molecular weight is 459 g/mol. The standard InChI is InChI=1S/C25H38N4O2S/c1-25(2,3)32(30,31)21-8-6-4-5-7-10-22-11-13-23(14-12-22)28-17-19-29(20-18-28)24-26-15-9-16-27-24/h9,11-16H,4-8,10,17-21H2,1-3H3. The summed E-state index contributed by atoms with van der Waals surface area (Å²) in [6, 6.07) is 10.8. The van der Waals surface area contributed by atoms with Gasteiger partial charge in [0.25, 0.3) is 0 Å². The van der Waals surface area contributed by atoms with Crippen LogP contribution < -0.4 is 9.80 Å². The van der Waals surface area contributed by atoms with Gasteiger partial charge in [-0.05, 0) is 63.8 Å². The molecule has 6 nitrogen and oxygen atoms in total. The number of hydrogen-bond donors (Lipinski definition) is 0. The van der Waals surface area contributed by atoms with Crippen LogP contribution >= 0.6 is 0 Å². The molecule has 0 amide bonds. The number of piperazine rings is 1. The maximum Gasteiger partial charge on any atom is 0.225 e. The number of benzene rings is 1. The number of rotatable bonds is 10. The predicted molar refractivity (Wildman–Crippen MR) is 133 cm³/mol. The zero-order valence-corrected chi connectivity index (χ0v) is 20.6. The topological polar surface area (TPSA) is 66.4 Å². The van der Waals surface area contributed by atoms with Gasteiger partial charge in [-0.3, -0.25) is 0 Å². The molecular formula is C25H38N4O2S. The van der Waals surface area contributed by atoms with Gasteiger partial charge < -0.3 is 9.80 Å². The number of anilines is 2. The second-order valence-electron chi connectivity index (χ2n) is 9.64. The zero-order valence-electron chi connectivity index (χ0n) is 19.8. The summed E-state index contributed by atoms with van der Waals surface area (Å²) in [7, 11) is -2.98. The first-order valence-electron chi connectivity index (χ1n) is 11.8. The van der Waals surface area contributed by atoms with Crippen LogP contribution in [-0.4, -0.2) is 55.1 Å². The number of hydrogen-bond acceptors (Lipinski definition) is 6. The van der Waals surface area contributed by atoms with Gasteiger partial charge in [-0.25, -0.2) is 18.4 Å². The number of aryl methyl sites for hydroxylation is 1. The molecule has 0 bridgehead atoms. The Balaban J connectivity index is 1.32. The summed E-state index contributed by atoms with van der Waals surface area (Å²) >= 11 is 0. The Morgan fingerprint density at radius 2 is 1.38 bits per heavy atom. The van der Waals surface area contributed by atoms with Gasteiger partial charge in [0, 0.05) is 44.3 Å². The number of aromatic nitrogens is 2. The fourth-order valence-electron chi connectivity index (χ4n) is 3.95. The van der Waals surface area contributed by atoms with E-state index in [0.29, 0.717) is 5.75 Å². The van der Waals surface area contributed by atoms with E-state index in [9.17, 15) is 8.42 Å². The predicted octanol–water partition coefficient (Wildman–Crippen LogP) is 4.51. The summed E-state index contributed by atoms with van der Waals surface area (Å²) in [5.41, 5.74) is 2.66. The number of unbranched alkanes of at least 4 members (excludes halogenated alkanes) is 4. The largest absolute Gasteiger partial charge is 0.368 e. The Morgan fingerprint density at radius 1 is 0.812 bits per heavy atom. The fourth-order valence-corrected chi connectivity index (χ4v) is 5.15. The third-order valence-corrected chi connectivity index (χ3v) is 8.92. The zero-order chi connectivity index (χ0) is 23.0. The summed E-state index contributed by atoms with van der Waals surface area (Å²) in [6.07, 6.45) is 9.86. The minimum absolute atomic E-state index is 0.310. The summed E-state index contributed by atoms with van der Waals surface area (Å²) in [5, 5.41) is 0. The number of sulfone groups is 1. The SMILES string of the molecule is CC(C)(C)S(=O)(=O)CCCCCCCc1ccc(N2CCN(c3ncccn3)CC2)cc1. The van der Waals surface area contributed by atoms with E-state index in [1.54, 1.807) is 33.2 Å². The molecule has 1 fully saturated rings. The van der Waals surface area contributed by atoms with Crippen LogP contribution in [0.2, 0.25) is 0 Å². The van der Waals surface area contributed by atoms with Crippen LogP contribution in [0.4, 0.5) is 11.6 Å². The molecule has 32 heavy (non-hydrogen) atoms. The van der Waals surface area contributed by atoms with E-state index in [4.69, 9.17) is 0 Å². The third kappa shape index (κ3) is 6.92. The van der Waals surface area contributed by atoms with Gasteiger partial charge in [-0.15, -0.1) is 0 Å². The van der Waals surface area contributed by atoms with Crippen molar-refractivity contribution in [2.75, 3.05) is 41.7 Å². The lowest BCUT2D eigenvalue weighted by Gasteiger charge is -2.36. The van der Waals surface area contributed by atoms with Crippen LogP contribution in [0.15, 0.2) is 42.7 Å². The molecule has 0 saturated carbocycles. The average Bonchev–Trinajstić information content (AvgIpc) is 2.79. The molecule has 1 aromatic heterocycles. The lowest BCUT2D eigenvalue weighted by Crippen LogP contribution is -2.47. The van der Waals surface area contributed by atoms with Crippen molar-refractivity contribution in [3.8, 4) is 0 Å². The molecule has 0 spiro atoms. The van der Waals surface area contributed by atoms with Crippen LogP contribution in [0.5, 0.6) is 0 Å².